The van der Waals surface area contributed by atoms with Crippen LogP contribution in [0.3, 0.4) is 0 Å². The molecule has 0 heterocycles. The molecular formula is C15H21NO4. The second kappa shape index (κ2) is 7.14. The van der Waals surface area contributed by atoms with Gasteiger partial charge in [-0.3, -0.25) is 10.1 Å². The van der Waals surface area contributed by atoms with Gasteiger partial charge in [0.25, 0.3) is 0 Å². The summed E-state index contributed by atoms with van der Waals surface area (Å²) >= 11 is 0. The summed E-state index contributed by atoms with van der Waals surface area (Å²) in [5.74, 6) is 1.15. The van der Waals surface area contributed by atoms with E-state index in [4.69, 9.17) is 14.2 Å². The van der Waals surface area contributed by atoms with Gasteiger partial charge in [-0.2, -0.15) is 0 Å². The van der Waals surface area contributed by atoms with Gasteiger partial charge in [-0.15, -0.1) is 0 Å². The van der Waals surface area contributed by atoms with Crippen LogP contribution in [0.5, 0.6) is 11.5 Å². The summed E-state index contributed by atoms with van der Waals surface area (Å²) in [4.78, 5) is 11.7. The smallest absolute Gasteiger partial charge is 0.326 e. The number of ether oxygens (including phenoxy) is 3. The average Bonchev–Trinajstić information content (AvgIpc) is 3.27. The van der Waals surface area contributed by atoms with Gasteiger partial charge in [-0.1, -0.05) is 6.07 Å². The van der Waals surface area contributed by atoms with Crippen LogP contribution in [0.15, 0.2) is 24.3 Å². The molecular weight excluding hydrogens is 258 g/mol. The standard InChI is InChI=1S/C15H21NO4/c1-3-19-12-5-4-6-13(9-12)20-10-14(15(17)18-2)16-11-7-8-11/h4-6,9,11,14,16H,3,7-8,10H2,1-2H3. The van der Waals surface area contributed by atoms with Crippen molar-refractivity contribution in [3.63, 3.8) is 0 Å². The lowest BCUT2D eigenvalue weighted by Gasteiger charge is -2.17. The highest BCUT2D eigenvalue weighted by Crippen LogP contribution is 2.21. The molecule has 5 heteroatoms. The zero-order valence-corrected chi connectivity index (χ0v) is 11.9. The number of methoxy groups -OCH3 is 1. The highest BCUT2D eigenvalue weighted by molar-refractivity contribution is 5.76. The van der Waals surface area contributed by atoms with Crippen LogP contribution in [-0.2, 0) is 9.53 Å². The van der Waals surface area contributed by atoms with Crippen molar-refractivity contribution >= 4 is 5.97 Å². The van der Waals surface area contributed by atoms with E-state index in [9.17, 15) is 4.79 Å². The van der Waals surface area contributed by atoms with Crippen LogP contribution in [0.1, 0.15) is 19.8 Å². The molecule has 1 aromatic rings. The third kappa shape index (κ3) is 4.42. The molecule has 1 aromatic carbocycles. The van der Waals surface area contributed by atoms with Crippen LogP contribution in [0.2, 0.25) is 0 Å². The monoisotopic (exact) mass is 279 g/mol. The van der Waals surface area contributed by atoms with Gasteiger partial charge in [0.05, 0.1) is 13.7 Å². The van der Waals surface area contributed by atoms with Crippen LogP contribution in [-0.4, -0.2) is 38.4 Å². The predicted molar refractivity (Wildman–Crippen MR) is 75.1 cm³/mol. The van der Waals surface area contributed by atoms with Crippen molar-refractivity contribution < 1.29 is 19.0 Å². The summed E-state index contributed by atoms with van der Waals surface area (Å²) in [5.41, 5.74) is 0. The number of rotatable bonds is 8. The largest absolute Gasteiger partial charge is 0.494 e. The van der Waals surface area contributed by atoms with Crippen LogP contribution < -0.4 is 14.8 Å². The molecule has 1 saturated carbocycles. The Kier molecular flexibility index (Phi) is 5.24. The van der Waals surface area contributed by atoms with Gasteiger partial charge >= 0.3 is 5.97 Å². The van der Waals surface area contributed by atoms with Crippen LogP contribution >= 0.6 is 0 Å². The summed E-state index contributed by atoms with van der Waals surface area (Å²) in [6.07, 6.45) is 2.21. The van der Waals surface area contributed by atoms with E-state index in [-0.39, 0.29) is 12.6 Å². The normalized spacial score (nSPS) is 15.5. The first-order valence-corrected chi connectivity index (χ1v) is 6.92. The van der Waals surface area contributed by atoms with Crippen molar-refractivity contribution in [2.45, 2.75) is 31.8 Å². The maximum Gasteiger partial charge on any atom is 0.326 e. The third-order valence-corrected chi connectivity index (χ3v) is 3.03. The van der Waals surface area contributed by atoms with E-state index in [1.807, 2.05) is 31.2 Å². The fourth-order valence-electron chi connectivity index (χ4n) is 1.86. The number of benzene rings is 1. The van der Waals surface area contributed by atoms with E-state index in [2.05, 4.69) is 5.32 Å². The van der Waals surface area contributed by atoms with Crippen molar-refractivity contribution in [1.29, 1.82) is 0 Å². The summed E-state index contributed by atoms with van der Waals surface area (Å²) in [6, 6.07) is 7.38. The Balaban J connectivity index is 1.90. The lowest BCUT2D eigenvalue weighted by atomic mass is 10.3. The number of hydrogen-bond acceptors (Lipinski definition) is 5. The lowest BCUT2D eigenvalue weighted by molar-refractivity contribution is -0.144. The first-order chi connectivity index (χ1) is 9.72. The molecule has 0 saturated heterocycles. The minimum atomic E-state index is -0.428. The van der Waals surface area contributed by atoms with E-state index in [0.29, 0.717) is 18.4 Å². The average molecular weight is 279 g/mol. The van der Waals surface area contributed by atoms with Crippen molar-refractivity contribution in [1.82, 2.24) is 5.32 Å². The van der Waals surface area contributed by atoms with Gasteiger partial charge < -0.3 is 14.2 Å². The minimum absolute atomic E-state index is 0.249. The Morgan fingerprint density at radius 1 is 1.35 bits per heavy atom. The van der Waals surface area contributed by atoms with Crippen molar-refractivity contribution in [2.75, 3.05) is 20.3 Å². The molecule has 1 aliphatic rings. The Morgan fingerprint density at radius 3 is 2.65 bits per heavy atom. The highest BCUT2D eigenvalue weighted by Gasteiger charge is 2.29. The van der Waals surface area contributed by atoms with E-state index >= 15 is 0 Å². The zero-order chi connectivity index (χ0) is 14.4. The molecule has 0 aliphatic heterocycles. The van der Waals surface area contributed by atoms with Gasteiger partial charge in [-0.05, 0) is 31.9 Å². The molecule has 0 spiro atoms. The molecule has 110 valence electrons. The molecule has 20 heavy (non-hydrogen) atoms. The molecule has 1 fully saturated rings. The molecule has 5 nitrogen and oxygen atoms in total. The number of hydrogen-bond donors (Lipinski definition) is 1. The number of nitrogens with one attached hydrogen (secondary N) is 1. The molecule has 0 amide bonds. The fraction of sp³-hybridized carbons (Fsp3) is 0.533. The van der Waals surface area contributed by atoms with Gasteiger partial charge in [0.2, 0.25) is 0 Å². The summed E-state index contributed by atoms with van der Waals surface area (Å²) in [7, 11) is 1.39. The maximum absolute atomic E-state index is 11.7. The summed E-state index contributed by atoms with van der Waals surface area (Å²) in [6.45, 7) is 2.79. The quantitative estimate of drug-likeness (QED) is 0.735. The summed E-state index contributed by atoms with van der Waals surface area (Å²) < 4.78 is 15.9. The van der Waals surface area contributed by atoms with Gasteiger partial charge in [0.1, 0.15) is 24.1 Å². The molecule has 0 radical (unpaired) electrons. The second-order valence-electron chi connectivity index (χ2n) is 4.74. The third-order valence-electron chi connectivity index (χ3n) is 3.03. The molecule has 1 unspecified atom stereocenters. The molecule has 1 atom stereocenters. The minimum Gasteiger partial charge on any atom is -0.494 e. The van der Waals surface area contributed by atoms with Crippen LogP contribution in [0, 0.1) is 0 Å². The zero-order valence-electron chi connectivity index (χ0n) is 11.9. The summed E-state index contributed by atoms with van der Waals surface area (Å²) in [5, 5.41) is 3.22. The number of carbonyl (C=O) groups is 1. The maximum atomic E-state index is 11.7. The van der Waals surface area contributed by atoms with Gasteiger partial charge in [0, 0.05) is 12.1 Å². The Labute approximate surface area is 119 Å². The fourth-order valence-corrected chi connectivity index (χ4v) is 1.86. The SMILES string of the molecule is CCOc1cccc(OCC(NC2CC2)C(=O)OC)c1. The van der Waals surface area contributed by atoms with Gasteiger partial charge in [0.15, 0.2) is 0 Å². The van der Waals surface area contributed by atoms with E-state index in [0.717, 1.165) is 18.6 Å². The Morgan fingerprint density at radius 2 is 2.05 bits per heavy atom. The number of carbonyl (C=O) groups excluding carboxylic acids is 1. The topological polar surface area (TPSA) is 56.8 Å². The van der Waals surface area contributed by atoms with E-state index in [1.165, 1.54) is 7.11 Å². The van der Waals surface area contributed by atoms with Gasteiger partial charge in [-0.25, -0.2) is 0 Å². The molecule has 1 N–H and O–H groups in total. The molecule has 2 rings (SSSR count). The van der Waals surface area contributed by atoms with Crippen molar-refractivity contribution in [3.8, 4) is 11.5 Å². The lowest BCUT2D eigenvalue weighted by Crippen LogP contribution is -2.43. The molecule has 0 bridgehead atoms. The van der Waals surface area contributed by atoms with E-state index < -0.39 is 6.04 Å². The van der Waals surface area contributed by atoms with E-state index in [1.54, 1.807) is 0 Å². The first-order valence-electron chi connectivity index (χ1n) is 6.92. The van der Waals surface area contributed by atoms with Crippen LogP contribution in [0.25, 0.3) is 0 Å². The molecule has 1 aliphatic carbocycles. The molecule has 0 aromatic heterocycles. The second-order valence-corrected chi connectivity index (χ2v) is 4.74. The Bertz CT molecular complexity index is 445. The Hall–Kier alpha value is -1.75. The van der Waals surface area contributed by atoms with Crippen molar-refractivity contribution in [2.24, 2.45) is 0 Å². The predicted octanol–water partition coefficient (Wildman–Crippen LogP) is 1.76. The number of esters is 1. The van der Waals surface area contributed by atoms with Crippen LogP contribution in [0.4, 0.5) is 0 Å². The highest BCUT2D eigenvalue weighted by atomic mass is 16.5. The van der Waals surface area contributed by atoms with Crippen molar-refractivity contribution in [3.05, 3.63) is 24.3 Å². The first kappa shape index (κ1) is 14.7.